The monoisotopic (exact) mass is 353 g/mol. The molecule has 9 heteroatoms. The smallest absolute Gasteiger partial charge is 0.266 e. The Labute approximate surface area is 149 Å². The molecule has 1 aliphatic rings. The van der Waals surface area contributed by atoms with Crippen molar-refractivity contribution in [1.82, 2.24) is 20.3 Å². The van der Waals surface area contributed by atoms with Gasteiger partial charge in [-0.1, -0.05) is 0 Å². The van der Waals surface area contributed by atoms with E-state index in [0.29, 0.717) is 17.1 Å². The van der Waals surface area contributed by atoms with Gasteiger partial charge in [-0.05, 0) is 25.8 Å². The molecular formula is C17H19N7O2. The van der Waals surface area contributed by atoms with Crippen molar-refractivity contribution in [3.63, 3.8) is 0 Å². The molecule has 0 aromatic carbocycles. The molecule has 1 saturated carbocycles. The average Bonchev–Trinajstić information content (AvgIpc) is 2.57. The summed E-state index contributed by atoms with van der Waals surface area (Å²) in [6.07, 6.45) is 1.47. The number of nitrogens with one attached hydrogen (secondary N) is 3. The second kappa shape index (κ2) is 6.84. The van der Waals surface area contributed by atoms with Crippen LogP contribution in [0.1, 0.15) is 46.1 Å². The van der Waals surface area contributed by atoms with Crippen molar-refractivity contribution in [3.8, 4) is 6.07 Å². The van der Waals surface area contributed by atoms with Crippen LogP contribution < -0.4 is 21.9 Å². The molecule has 5 N–H and O–H groups in total. The van der Waals surface area contributed by atoms with Crippen molar-refractivity contribution >= 4 is 17.7 Å². The topological polar surface area (TPSA) is 150 Å². The van der Waals surface area contributed by atoms with Gasteiger partial charge in [-0.15, -0.1) is 0 Å². The minimum atomic E-state index is -0.494. The van der Waals surface area contributed by atoms with Crippen LogP contribution in [0.25, 0.3) is 0 Å². The van der Waals surface area contributed by atoms with Crippen LogP contribution in [0.3, 0.4) is 0 Å². The summed E-state index contributed by atoms with van der Waals surface area (Å²) < 4.78 is 0. The fourth-order valence-corrected chi connectivity index (χ4v) is 3.00. The Morgan fingerprint density at radius 1 is 1.38 bits per heavy atom. The number of nitrogens with two attached hydrogens (primary N) is 1. The fourth-order valence-electron chi connectivity index (χ4n) is 3.00. The van der Waals surface area contributed by atoms with Crippen molar-refractivity contribution in [3.05, 3.63) is 45.0 Å². The lowest BCUT2D eigenvalue weighted by Gasteiger charge is -2.35. The molecular weight excluding hydrogens is 334 g/mol. The summed E-state index contributed by atoms with van der Waals surface area (Å²) in [5, 5.41) is 14.8. The number of anilines is 2. The molecule has 134 valence electrons. The average molecular weight is 353 g/mol. The Morgan fingerprint density at radius 2 is 2.12 bits per heavy atom. The second-order valence-electron chi connectivity index (χ2n) is 6.29. The van der Waals surface area contributed by atoms with Gasteiger partial charge in [0.2, 0.25) is 5.95 Å². The first-order valence-corrected chi connectivity index (χ1v) is 8.18. The number of hydrogen-bond acceptors (Lipinski definition) is 7. The van der Waals surface area contributed by atoms with E-state index < -0.39 is 5.56 Å². The van der Waals surface area contributed by atoms with Gasteiger partial charge in [0.15, 0.2) is 0 Å². The van der Waals surface area contributed by atoms with E-state index in [2.05, 4.69) is 25.6 Å². The Kier molecular flexibility index (Phi) is 4.58. The lowest BCUT2D eigenvalue weighted by molar-refractivity contribution is 0.0907. The number of hydrogen-bond donors (Lipinski definition) is 4. The molecule has 0 saturated heterocycles. The normalized spacial score (nSPS) is 18.5. The van der Waals surface area contributed by atoms with Crippen molar-refractivity contribution < 1.29 is 4.79 Å². The molecule has 1 fully saturated rings. The van der Waals surface area contributed by atoms with Crippen molar-refractivity contribution in [2.24, 2.45) is 0 Å². The van der Waals surface area contributed by atoms with Gasteiger partial charge >= 0.3 is 0 Å². The molecule has 3 rings (SSSR count). The maximum Gasteiger partial charge on any atom is 0.266 e. The first kappa shape index (κ1) is 17.4. The molecule has 0 unspecified atom stereocenters. The van der Waals surface area contributed by atoms with E-state index in [0.717, 1.165) is 18.5 Å². The number of carbonyl (C=O) groups excluding carboxylic acids is 1. The summed E-state index contributed by atoms with van der Waals surface area (Å²) in [6, 6.07) is 4.96. The number of aryl methyl sites for hydroxylation is 1. The van der Waals surface area contributed by atoms with E-state index in [9.17, 15) is 9.59 Å². The first-order valence-electron chi connectivity index (χ1n) is 8.18. The summed E-state index contributed by atoms with van der Waals surface area (Å²) in [4.78, 5) is 34.9. The number of rotatable bonds is 4. The number of aromatic amines is 1. The lowest BCUT2D eigenvalue weighted by Crippen LogP contribution is -2.44. The number of nitrogens with zero attached hydrogens (tertiary/aromatic N) is 3. The van der Waals surface area contributed by atoms with Crippen molar-refractivity contribution in [2.75, 3.05) is 18.1 Å². The molecule has 9 nitrogen and oxygen atoms in total. The summed E-state index contributed by atoms with van der Waals surface area (Å²) in [7, 11) is 1.76. The number of H-pyrrole nitrogens is 1. The zero-order chi connectivity index (χ0) is 18.8. The molecule has 0 bridgehead atoms. The zero-order valence-corrected chi connectivity index (χ0v) is 14.5. The predicted molar refractivity (Wildman–Crippen MR) is 95.7 cm³/mol. The molecule has 2 heterocycles. The Bertz CT molecular complexity index is 955. The van der Waals surface area contributed by atoms with Gasteiger partial charge in [0, 0.05) is 30.8 Å². The van der Waals surface area contributed by atoms with E-state index in [1.54, 1.807) is 20.0 Å². The second-order valence-corrected chi connectivity index (χ2v) is 6.29. The standard InChI is InChI=1S/C17H19N7O2/c1-8-12(5-10(7-18)15(25)21-8)16(26)22-11-3-9(4-11)13-6-14(20-2)24-17(19)23-13/h5-6,9,11H,3-4H2,1-2H3,(H,21,25)(H,22,26)(H3,19,20,23,24). The highest BCUT2D eigenvalue weighted by Crippen LogP contribution is 2.36. The third-order valence-electron chi connectivity index (χ3n) is 4.51. The number of aromatic nitrogens is 3. The summed E-state index contributed by atoms with van der Waals surface area (Å²) in [5.41, 5.74) is 6.72. The van der Waals surface area contributed by atoms with Crippen LogP contribution in [0.2, 0.25) is 0 Å². The molecule has 0 atom stereocenters. The van der Waals surface area contributed by atoms with Crippen LogP contribution >= 0.6 is 0 Å². The summed E-state index contributed by atoms with van der Waals surface area (Å²) in [5.74, 6) is 0.765. The molecule has 26 heavy (non-hydrogen) atoms. The SMILES string of the molecule is CNc1cc(C2CC(NC(=O)c3cc(C#N)c(=O)[nH]c3C)C2)nc(N)n1. The minimum absolute atomic E-state index is 0.00131. The number of amides is 1. The van der Waals surface area contributed by atoms with Gasteiger partial charge in [0.25, 0.3) is 11.5 Å². The van der Waals surface area contributed by atoms with E-state index in [1.165, 1.54) is 6.07 Å². The molecule has 1 aliphatic carbocycles. The van der Waals surface area contributed by atoms with Gasteiger partial charge in [-0.3, -0.25) is 9.59 Å². The van der Waals surface area contributed by atoms with Crippen LogP contribution in [0.4, 0.5) is 11.8 Å². The van der Waals surface area contributed by atoms with E-state index in [4.69, 9.17) is 11.0 Å². The predicted octanol–water partition coefficient (Wildman–Crippen LogP) is 0.645. The zero-order valence-electron chi connectivity index (χ0n) is 14.5. The van der Waals surface area contributed by atoms with Gasteiger partial charge in [0.1, 0.15) is 17.5 Å². The lowest BCUT2D eigenvalue weighted by atomic mass is 9.78. The van der Waals surface area contributed by atoms with Crippen LogP contribution in [-0.4, -0.2) is 33.9 Å². The van der Waals surface area contributed by atoms with Gasteiger partial charge in [0.05, 0.1) is 11.3 Å². The number of nitrogen functional groups attached to an aromatic ring is 1. The van der Waals surface area contributed by atoms with Crippen molar-refractivity contribution in [1.29, 1.82) is 5.26 Å². The maximum absolute atomic E-state index is 12.4. The molecule has 0 aliphatic heterocycles. The Balaban J connectivity index is 1.66. The third-order valence-corrected chi connectivity index (χ3v) is 4.51. The van der Waals surface area contributed by atoms with Crippen LogP contribution in [-0.2, 0) is 0 Å². The highest BCUT2D eigenvalue weighted by atomic mass is 16.2. The van der Waals surface area contributed by atoms with Gasteiger partial charge in [-0.2, -0.15) is 10.2 Å². The quantitative estimate of drug-likeness (QED) is 0.630. The molecule has 2 aromatic heterocycles. The van der Waals surface area contributed by atoms with Gasteiger partial charge in [-0.25, -0.2) is 4.98 Å². The van der Waals surface area contributed by atoms with E-state index in [1.807, 2.05) is 6.07 Å². The van der Waals surface area contributed by atoms with Crippen LogP contribution in [0.5, 0.6) is 0 Å². The summed E-state index contributed by atoms with van der Waals surface area (Å²) in [6.45, 7) is 1.63. The number of pyridine rings is 1. The largest absolute Gasteiger partial charge is 0.373 e. The first-order chi connectivity index (χ1) is 12.4. The minimum Gasteiger partial charge on any atom is -0.373 e. The maximum atomic E-state index is 12.4. The molecule has 0 spiro atoms. The van der Waals surface area contributed by atoms with E-state index in [-0.39, 0.29) is 29.4 Å². The number of nitriles is 1. The third kappa shape index (κ3) is 3.35. The highest BCUT2D eigenvalue weighted by Gasteiger charge is 2.33. The molecule has 2 aromatic rings. The van der Waals surface area contributed by atoms with Crippen molar-refractivity contribution in [2.45, 2.75) is 31.7 Å². The Hall–Kier alpha value is -3.41. The molecule has 1 amide bonds. The van der Waals surface area contributed by atoms with Crippen LogP contribution in [0.15, 0.2) is 16.9 Å². The molecule has 0 radical (unpaired) electrons. The summed E-state index contributed by atoms with van der Waals surface area (Å²) >= 11 is 0. The van der Waals surface area contributed by atoms with E-state index >= 15 is 0 Å². The number of carbonyl (C=O) groups is 1. The van der Waals surface area contributed by atoms with Crippen LogP contribution in [0, 0.1) is 18.3 Å². The highest BCUT2D eigenvalue weighted by molar-refractivity contribution is 5.95. The van der Waals surface area contributed by atoms with Gasteiger partial charge < -0.3 is 21.4 Å². The fraction of sp³-hybridized carbons (Fsp3) is 0.353. The Morgan fingerprint density at radius 3 is 2.77 bits per heavy atom.